The summed E-state index contributed by atoms with van der Waals surface area (Å²) >= 11 is 12.1. The number of nitrogens with zero attached hydrogens (tertiary/aromatic N) is 1. The van der Waals surface area contributed by atoms with Crippen molar-refractivity contribution < 1.29 is 17.6 Å². The monoisotopic (exact) mass is 494 g/mol. The van der Waals surface area contributed by atoms with E-state index in [1.54, 1.807) is 12.1 Å². The number of halogens is 3. The van der Waals surface area contributed by atoms with E-state index in [2.05, 4.69) is 5.32 Å². The maximum absolute atomic E-state index is 13.3. The predicted molar refractivity (Wildman–Crippen MR) is 124 cm³/mol. The van der Waals surface area contributed by atoms with Crippen LogP contribution in [0.5, 0.6) is 0 Å². The van der Waals surface area contributed by atoms with E-state index in [0.717, 1.165) is 9.87 Å². The second-order valence-electron chi connectivity index (χ2n) is 7.05. The van der Waals surface area contributed by atoms with Crippen LogP contribution < -0.4 is 5.32 Å². The van der Waals surface area contributed by atoms with Gasteiger partial charge in [0.25, 0.3) is 0 Å². The van der Waals surface area contributed by atoms with E-state index in [9.17, 15) is 17.6 Å². The summed E-state index contributed by atoms with van der Waals surface area (Å²) in [5.41, 5.74) is 1.62. The Morgan fingerprint density at radius 1 is 0.938 bits per heavy atom. The van der Waals surface area contributed by atoms with Crippen molar-refractivity contribution in [1.82, 2.24) is 9.62 Å². The molecule has 0 heterocycles. The molecule has 0 spiro atoms. The van der Waals surface area contributed by atoms with Gasteiger partial charge in [-0.05, 0) is 47.9 Å². The third-order valence-corrected chi connectivity index (χ3v) is 7.29. The van der Waals surface area contributed by atoms with Crippen molar-refractivity contribution in [3.63, 3.8) is 0 Å². The van der Waals surface area contributed by atoms with Gasteiger partial charge in [0.05, 0.1) is 11.6 Å². The maximum atomic E-state index is 13.3. The van der Waals surface area contributed by atoms with Crippen LogP contribution in [0.1, 0.15) is 11.1 Å². The Kier molecular flexibility index (Phi) is 8.26. The fourth-order valence-corrected chi connectivity index (χ4v) is 5.15. The van der Waals surface area contributed by atoms with Crippen LogP contribution in [-0.4, -0.2) is 31.7 Å². The first kappa shape index (κ1) is 24.2. The summed E-state index contributed by atoms with van der Waals surface area (Å²) in [4.78, 5) is 12.4. The van der Waals surface area contributed by atoms with E-state index in [1.165, 1.54) is 30.3 Å². The molecule has 3 aromatic carbocycles. The predicted octanol–water partition coefficient (Wildman–Crippen LogP) is 4.68. The van der Waals surface area contributed by atoms with Crippen LogP contribution in [-0.2, 0) is 27.8 Å². The largest absolute Gasteiger partial charge is 0.351 e. The lowest BCUT2D eigenvalue weighted by molar-refractivity contribution is -0.121. The van der Waals surface area contributed by atoms with E-state index in [-0.39, 0.29) is 33.8 Å². The fraction of sp³-hybridized carbons (Fsp3) is 0.174. The van der Waals surface area contributed by atoms with Gasteiger partial charge in [-0.2, -0.15) is 4.31 Å². The normalized spacial score (nSPS) is 11.5. The molecular weight excluding hydrogens is 474 g/mol. The molecule has 0 atom stereocenters. The van der Waals surface area contributed by atoms with Gasteiger partial charge in [-0.15, -0.1) is 0 Å². The highest BCUT2D eigenvalue weighted by atomic mass is 35.5. The van der Waals surface area contributed by atoms with Crippen molar-refractivity contribution in [2.75, 3.05) is 13.1 Å². The van der Waals surface area contributed by atoms with Crippen molar-refractivity contribution in [2.45, 2.75) is 17.9 Å². The Bertz CT molecular complexity index is 1170. The minimum Gasteiger partial charge on any atom is -0.351 e. The second-order valence-corrected chi connectivity index (χ2v) is 9.80. The molecule has 0 aliphatic rings. The molecule has 168 valence electrons. The molecule has 0 aliphatic carbocycles. The Hall–Kier alpha value is -2.45. The van der Waals surface area contributed by atoms with Gasteiger partial charge >= 0.3 is 0 Å². The van der Waals surface area contributed by atoms with Crippen molar-refractivity contribution in [2.24, 2.45) is 0 Å². The fourth-order valence-electron chi connectivity index (χ4n) is 3.02. The molecule has 0 fully saturated rings. The summed E-state index contributed by atoms with van der Waals surface area (Å²) < 4.78 is 40.8. The van der Waals surface area contributed by atoms with Crippen molar-refractivity contribution in [1.29, 1.82) is 0 Å². The van der Waals surface area contributed by atoms with Crippen LogP contribution >= 0.6 is 23.2 Å². The molecule has 0 aromatic heterocycles. The van der Waals surface area contributed by atoms with Crippen LogP contribution in [0, 0.1) is 5.82 Å². The Labute approximate surface area is 196 Å². The summed E-state index contributed by atoms with van der Waals surface area (Å²) in [6, 6.07) is 19.2. The van der Waals surface area contributed by atoms with E-state index < -0.39 is 22.5 Å². The third kappa shape index (κ3) is 6.53. The highest BCUT2D eigenvalue weighted by Gasteiger charge is 2.28. The van der Waals surface area contributed by atoms with Gasteiger partial charge in [0.15, 0.2) is 0 Å². The molecule has 9 heteroatoms. The van der Waals surface area contributed by atoms with Crippen LogP contribution in [0.15, 0.2) is 77.7 Å². The average molecular weight is 495 g/mol. The van der Waals surface area contributed by atoms with Crippen LogP contribution in [0.2, 0.25) is 10.0 Å². The van der Waals surface area contributed by atoms with Crippen molar-refractivity contribution >= 4 is 39.1 Å². The number of carbonyl (C=O) groups excluding carboxylic acids is 1. The number of sulfonamides is 1. The molecule has 32 heavy (non-hydrogen) atoms. The Balaban J connectivity index is 1.78. The molecule has 1 amide bonds. The molecule has 3 rings (SSSR count). The molecule has 0 bridgehead atoms. The molecule has 0 saturated heterocycles. The number of nitrogens with one attached hydrogen (secondary N) is 1. The van der Waals surface area contributed by atoms with Gasteiger partial charge in [0.2, 0.25) is 15.9 Å². The lowest BCUT2D eigenvalue weighted by Gasteiger charge is -2.22. The SMILES string of the molecule is O=C(CN(CCc1ccccc1)S(=O)(=O)c1cc(Cl)ccc1Cl)NCc1ccc(F)cc1. The van der Waals surface area contributed by atoms with Crippen LogP contribution in [0.25, 0.3) is 0 Å². The summed E-state index contributed by atoms with van der Waals surface area (Å²) in [6.45, 7) is -0.192. The zero-order valence-electron chi connectivity index (χ0n) is 17.0. The summed E-state index contributed by atoms with van der Waals surface area (Å²) in [5.74, 6) is -0.874. The second kappa shape index (κ2) is 10.9. The van der Waals surface area contributed by atoms with Gasteiger partial charge in [-0.25, -0.2) is 12.8 Å². The lowest BCUT2D eigenvalue weighted by atomic mass is 10.1. The van der Waals surface area contributed by atoms with Crippen molar-refractivity contribution in [3.8, 4) is 0 Å². The highest BCUT2D eigenvalue weighted by Crippen LogP contribution is 2.28. The molecule has 0 aliphatic heterocycles. The zero-order chi connectivity index (χ0) is 23.1. The minimum atomic E-state index is -4.10. The lowest BCUT2D eigenvalue weighted by Crippen LogP contribution is -2.41. The quantitative estimate of drug-likeness (QED) is 0.469. The maximum Gasteiger partial charge on any atom is 0.245 e. The van der Waals surface area contributed by atoms with Crippen LogP contribution in [0.4, 0.5) is 4.39 Å². The molecule has 5 nitrogen and oxygen atoms in total. The number of hydrogen-bond acceptors (Lipinski definition) is 3. The minimum absolute atomic E-state index is 0.0193. The molecule has 1 N–H and O–H groups in total. The summed E-state index contributed by atoms with van der Waals surface area (Å²) in [7, 11) is -4.10. The number of benzene rings is 3. The van der Waals surface area contributed by atoms with Gasteiger partial charge < -0.3 is 5.32 Å². The number of rotatable bonds is 9. The van der Waals surface area contributed by atoms with E-state index in [4.69, 9.17) is 23.2 Å². The van der Waals surface area contributed by atoms with Crippen molar-refractivity contribution in [3.05, 3.63) is 99.8 Å². The zero-order valence-corrected chi connectivity index (χ0v) is 19.3. The topological polar surface area (TPSA) is 66.5 Å². The third-order valence-electron chi connectivity index (χ3n) is 4.73. The molecule has 0 radical (unpaired) electrons. The molecular formula is C23H21Cl2FN2O3S. The standard InChI is InChI=1S/C23H21Cl2FN2O3S/c24-19-8-11-21(25)22(14-19)32(30,31)28(13-12-17-4-2-1-3-5-17)16-23(29)27-15-18-6-9-20(26)10-7-18/h1-11,14H,12-13,15-16H2,(H,27,29). The molecule has 0 saturated carbocycles. The van der Waals surface area contributed by atoms with E-state index in [0.29, 0.717) is 12.0 Å². The number of carbonyl (C=O) groups is 1. The first-order valence-electron chi connectivity index (χ1n) is 9.76. The Morgan fingerprint density at radius 3 is 2.31 bits per heavy atom. The first-order chi connectivity index (χ1) is 15.3. The summed E-state index contributed by atoms with van der Waals surface area (Å²) in [5, 5.41) is 2.91. The van der Waals surface area contributed by atoms with Gasteiger partial charge in [0, 0.05) is 18.1 Å². The van der Waals surface area contributed by atoms with Gasteiger partial charge in [-0.3, -0.25) is 4.79 Å². The van der Waals surface area contributed by atoms with E-state index in [1.807, 2.05) is 30.3 Å². The van der Waals surface area contributed by atoms with Gasteiger partial charge in [0.1, 0.15) is 10.7 Å². The average Bonchev–Trinajstić information content (AvgIpc) is 2.78. The first-order valence-corrected chi connectivity index (χ1v) is 12.0. The molecule has 3 aromatic rings. The number of hydrogen-bond donors (Lipinski definition) is 1. The van der Waals surface area contributed by atoms with Gasteiger partial charge in [-0.1, -0.05) is 65.7 Å². The Morgan fingerprint density at radius 2 is 1.62 bits per heavy atom. The van der Waals surface area contributed by atoms with Crippen LogP contribution in [0.3, 0.4) is 0 Å². The molecule has 0 unspecified atom stereocenters. The van der Waals surface area contributed by atoms with E-state index >= 15 is 0 Å². The number of amides is 1. The highest BCUT2D eigenvalue weighted by molar-refractivity contribution is 7.89. The smallest absolute Gasteiger partial charge is 0.245 e. The summed E-state index contributed by atoms with van der Waals surface area (Å²) in [6.07, 6.45) is 0.406.